The summed E-state index contributed by atoms with van der Waals surface area (Å²) in [4.78, 5) is 0. The van der Waals surface area contributed by atoms with E-state index in [1.807, 2.05) is 0 Å². The topological polar surface area (TPSA) is 0 Å². The van der Waals surface area contributed by atoms with Gasteiger partial charge in [0, 0.05) is 0 Å². The molecule has 0 nitrogen and oxygen atoms in total. The molecule has 0 rings (SSSR count). The van der Waals surface area contributed by atoms with Crippen molar-refractivity contribution in [3.63, 3.8) is 0 Å². The summed E-state index contributed by atoms with van der Waals surface area (Å²) in [5, 5.41) is 0. The van der Waals surface area contributed by atoms with Crippen molar-refractivity contribution < 1.29 is 0 Å². The Kier molecular flexibility index (Phi) is 4.17. The maximum atomic E-state index is 2.43. The molecule has 0 fully saturated rings. The van der Waals surface area contributed by atoms with E-state index in [9.17, 15) is 0 Å². The van der Waals surface area contributed by atoms with Gasteiger partial charge in [-0.1, -0.05) is 0 Å². The Bertz CT molecular complexity index is 120. The van der Waals surface area contributed by atoms with Crippen LogP contribution in [-0.4, -0.2) is 20.2 Å². The van der Waals surface area contributed by atoms with Gasteiger partial charge < -0.3 is 0 Å². The Labute approximate surface area is 86.1 Å². The van der Waals surface area contributed by atoms with Crippen LogP contribution in [-0.2, 0) is 0 Å². The normalized spacial score (nSPS) is 14.5. The van der Waals surface area contributed by atoms with Gasteiger partial charge in [0.15, 0.2) is 0 Å². The van der Waals surface area contributed by atoms with Crippen molar-refractivity contribution >= 4 is 20.2 Å². The van der Waals surface area contributed by atoms with Gasteiger partial charge in [0.2, 0.25) is 0 Å². The van der Waals surface area contributed by atoms with Crippen LogP contribution in [0.3, 0.4) is 0 Å². The van der Waals surface area contributed by atoms with E-state index in [-0.39, 0.29) is 0 Å². The number of rotatable bonds is 1. The summed E-state index contributed by atoms with van der Waals surface area (Å²) < 4.78 is 2.16. The zero-order chi connectivity index (χ0) is 10.2. The Morgan fingerprint density at radius 3 is 1.00 bits per heavy atom. The summed E-state index contributed by atoms with van der Waals surface area (Å²) in [6.07, 6.45) is 0. The van der Waals surface area contributed by atoms with E-state index >= 15 is 0 Å². The van der Waals surface area contributed by atoms with E-state index < -0.39 is 20.2 Å². The standard InChI is InChI=1S/2C4H9.C3H7.Sb/c2*1-4(2)3;1-3-2;/h2*1-3H3;3H,1-2H3;. The molecule has 0 heterocycles. The maximum absolute atomic E-state index is 2.43. The Hall–Kier alpha value is 0.818. The molecule has 0 saturated carbocycles. The van der Waals surface area contributed by atoms with Crippen LogP contribution in [0.15, 0.2) is 0 Å². The fourth-order valence-electron chi connectivity index (χ4n) is 2.56. The first kappa shape index (κ1) is 12.8. The minimum absolute atomic E-state index is 0.606. The van der Waals surface area contributed by atoms with Crippen LogP contribution in [0.2, 0.25) is 10.6 Å². The second-order valence-corrected chi connectivity index (χ2v) is 18.5. The molecule has 0 radical (unpaired) electrons. The fourth-order valence-corrected chi connectivity index (χ4v) is 17.1. The molecule has 0 amide bonds. The second-order valence-electron chi connectivity index (χ2n) is 5.81. The van der Waals surface area contributed by atoms with Crippen LogP contribution in [0.4, 0.5) is 0 Å². The van der Waals surface area contributed by atoms with E-state index in [1.54, 1.807) is 0 Å². The van der Waals surface area contributed by atoms with Crippen LogP contribution in [0.5, 0.6) is 0 Å². The summed E-state index contributed by atoms with van der Waals surface area (Å²) in [6, 6.07) is 0. The number of hydrogen-bond donors (Lipinski definition) is 0. The minimum atomic E-state index is -1.15. The van der Waals surface area contributed by atoms with Crippen molar-refractivity contribution in [2.75, 3.05) is 0 Å². The Morgan fingerprint density at radius 2 is 1.00 bits per heavy atom. The third-order valence-corrected chi connectivity index (χ3v) is 13.2. The molecule has 1 heteroatoms. The third kappa shape index (κ3) is 3.69. The molecule has 0 aliphatic rings. The molecular weight excluding hydrogens is 254 g/mol. The van der Waals surface area contributed by atoms with E-state index in [0.29, 0.717) is 6.72 Å². The zero-order valence-electron chi connectivity index (χ0n) is 10.0. The van der Waals surface area contributed by atoms with Crippen molar-refractivity contribution in [2.24, 2.45) is 0 Å². The van der Waals surface area contributed by atoms with Crippen LogP contribution in [0, 0.1) is 0 Å². The van der Waals surface area contributed by atoms with Crippen LogP contribution in [0.1, 0.15) is 55.4 Å². The van der Waals surface area contributed by atoms with Crippen molar-refractivity contribution in [2.45, 2.75) is 66.0 Å². The third-order valence-electron chi connectivity index (χ3n) is 1.96. The van der Waals surface area contributed by atoms with E-state index in [4.69, 9.17) is 0 Å². The molecule has 0 aromatic rings. The molecule has 0 unspecified atom stereocenters. The predicted octanol–water partition coefficient (Wildman–Crippen LogP) is 4.49. The van der Waals surface area contributed by atoms with Crippen LogP contribution in [0.25, 0.3) is 0 Å². The van der Waals surface area contributed by atoms with Crippen molar-refractivity contribution in [1.82, 2.24) is 0 Å². The van der Waals surface area contributed by atoms with Crippen LogP contribution >= 0.6 is 0 Å². The van der Waals surface area contributed by atoms with Crippen LogP contribution < -0.4 is 0 Å². The van der Waals surface area contributed by atoms with Gasteiger partial charge in [-0.25, -0.2) is 0 Å². The average Bonchev–Trinajstić information content (AvgIpc) is 1.49. The Balaban J connectivity index is 4.70. The molecule has 0 spiro atoms. The molecule has 0 bridgehead atoms. The summed E-state index contributed by atoms with van der Waals surface area (Å²) >= 11 is -1.15. The van der Waals surface area contributed by atoms with Gasteiger partial charge in [-0.15, -0.1) is 0 Å². The van der Waals surface area contributed by atoms with Gasteiger partial charge >= 0.3 is 86.2 Å². The monoisotopic (exact) mass is 278 g/mol. The summed E-state index contributed by atoms with van der Waals surface area (Å²) in [7, 11) is 0. The summed E-state index contributed by atoms with van der Waals surface area (Å²) in [5.74, 6) is 0. The predicted molar refractivity (Wildman–Crippen MR) is 60.3 cm³/mol. The van der Waals surface area contributed by atoms with Gasteiger partial charge in [0.1, 0.15) is 0 Å². The molecule has 0 aliphatic heterocycles. The van der Waals surface area contributed by atoms with Gasteiger partial charge in [-0.3, -0.25) is 0 Å². The van der Waals surface area contributed by atoms with Crippen molar-refractivity contribution in [3.05, 3.63) is 0 Å². The van der Waals surface area contributed by atoms with Crippen molar-refractivity contribution in [3.8, 4) is 0 Å². The molecule has 0 aliphatic carbocycles. The first-order chi connectivity index (χ1) is 5.07. The number of hydrogen-bond acceptors (Lipinski definition) is 0. The van der Waals surface area contributed by atoms with E-state index in [1.165, 1.54) is 0 Å². The molecule has 0 saturated heterocycles. The molecule has 0 aromatic heterocycles. The van der Waals surface area contributed by atoms with Gasteiger partial charge in [-0.2, -0.15) is 0 Å². The van der Waals surface area contributed by atoms with Crippen molar-refractivity contribution in [1.29, 1.82) is 0 Å². The molecule has 0 atom stereocenters. The Morgan fingerprint density at radius 1 is 0.750 bits per heavy atom. The molecule has 74 valence electrons. The average molecular weight is 279 g/mol. The first-order valence-electron chi connectivity index (χ1n) is 4.86. The fraction of sp³-hybridized carbons (Fsp3) is 1.00. The molecular formula is C11H25Sb. The molecule has 0 N–H and O–H groups in total. The first-order valence-corrected chi connectivity index (χ1v) is 8.89. The van der Waals surface area contributed by atoms with E-state index in [0.717, 1.165) is 3.86 Å². The zero-order valence-corrected chi connectivity index (χ0v) is 12.6. The molecule has 12 heavy (non-hydrogen) atoms. The molecule has 0 aromatic carbocycles. The van der Waals surface area contributed by atoms with Gasteiger partial charge in [-0.05, 0) is 0 Å². The van der Waals surface area contributed by atoms with Gasteiger partial charge in [0.05, 0.1) is 0 Å². The summed E-state index contributed by atoms with van der Waals surface area (Å²) in [6.45, 7) is 19.4. The summed E-state index contributed by atoms with van der Waals surface area (Å²) in [5.41, 5.74) is 0. The SMILES string of the molecule is C[CH](C)[Sb]([C](C)(C)C)[C](C)(C)C. The van der Waals surface area contributed by atoms with Gasteiger partial charge in [0.25, 0.3) is 0 Å². The van der Waals surface area contributed by atoms with E-state index in [2.05, 4.69) is 55.4 Å². The second kappa shape index (κ2) is 3.91. The quantitative estimate of drug-likeness (QED) is 0.620.